The number of hydrogen-bond acceptors (Lipinski definition) is 4. The van der Waals surface area contributed by atoms with Crippen LogP contribution < -0.4 is 5.32 Å². The Balaban J connectivity index is 2.22. The van der Waals surface area contributed by atoms with Crippen LogP contribution in [0, 0.1) is 13.8 Å². The molecule has 0 aliphatic heterocycles. The summed E-state index contributed by atoms with van der Waals surface area (Å²) in [5.74, 6) is -0.0276. The van der Waals surface area contributed by atoms with E-state index in [2.05, 4.69) is 25.2 Å². The lowest BCUT2D eigenvalue weighted by Gasteiger charge is -2.12. The Kier molecular flexibility index (Phi) is 5.31. The Morgan fingerprint density at radius 2 is 2.14 bits per heavy atom. The molecule has 2 rings (SSSR count). The molecule has 0 saturated carbocycles. The fourth-order valence-corrected chi connectivity index (χ4v) is 3.91. The highest BCUT2D eigenvalue weighted by molar-refractivity contribution is 7.99. The Bertz CT molecular complexity index is 630. The normalized spacial score (nSPS) is 10.6. The van der Waals surface area contributed by atoms with Gasteiger partial charge < -0.3 is 10.4 Å². The molecule has 0 atom stereocenters. The maximum Gasteiger partial charge on any atom is 0.338 e. The number of carboxylic acid groups (broad SMARTS) is 1. The van der Waals surface area contributed by atoms with Gasteiger partial charge in [0.05, 0.1) is 11.3 Å². The van der Waals surface area contributed by atoms with Crippen molar-refractivity contribution < 1.29 is 9.90 Å². The number of anilines is 1. The van der Waals surface area contributed by atoms with Gasteiger partial charge in [-0.2, -0.15) is 0 Å². The van der Waals surface area contributed by atoms with Crippen molar-refractivity contribution in [1.82, 2.24) is 0 Å². The van der Waals surface area contributed by atoms with Gasteiger partial charge in [-0.3, -0.25) is 0 Å². The van der Waals surface area contributed by atoms with Crippen molar-refractivity contribution in [2.75, 3.05) is 11.1 Å². The van der Waals surface area contributed by atoms with Crippen LogP contribution in [0.25, 0.3) is 0 Å². The fraction of sp³-hybridized carbons (Fsp3) is 0.312. The van der Waals surface area contributed by atoms with Gasteiger partial charge in [-0.05, 0) is 43.4 Å². The van der Waals surface area contributed by atoms with Crippen LogP contribution in [0.1, 0.15) is 32.6 Å². The van der Waals surface area contributed by atoms with E-state index in [1.54, 1.807) is 23.1 Å². The smallest absolute Gasteiger partial charge is 0.338 e. The summed E-state index contributed by atoms with van der Waals surface area (Å²) in [6, 6.07) is 7.74. The van der Waals surface area contributed by atoms with Crippen LogP contribution in [0.5, 0.6) is 0 Å². The second-order valence-electron chi connectivity index (χ2n) is 4.72. The molecular weight excluding hydrogens is 302 g/mol. The first-order valence-electron chi connectivity index (χ1n) is 6.81. The van der Waals surface area contributed by atoms with E-state index in [9.17, 15) is 9.90 Å². The highest BCUT2D eigenvalue weighted by Gasteiger charge is 2.15. The number of aromatic carboxylic acids is 1. The molecule has 0 radical (unpaired) electrons. The molecule has 5 heteroatoms. The van der Waals surface area contributed by atoms with Crippen LogP contribution >= 0.6 is 23.1 Å². The van der Waals surface area contributed by atoms with E-state index in [-0.39, 0.29) is 0 Å². The Morgan fingerprint density at radius 1 is 1.38 bits per heavy atom. The van der Waals surface area contributed by atoms with Crippen molar-refractivity contribution in [2.45, 2.75) is 32.2 Å². The standard InChI is InChI=1S/C16H19NO2S2/c1-4-20-14-7-5-6-13(15(14)16(18)19)17-9-12-8-10(2)11(3)21-12/h5-8,17H,4,9H2,1-3H3,(H,18,19). The minimum absolute atomic E-state index is 0.370. The first kappa shape index (κ1) is 15.9. The molecule has 0 spiro atoms. The van der Waals surface area contributed by atoms with E-state index in [0.29, 0.717) is 17.8 Å². The maximum atomic E-state index is 11.5. The predicted molar refractivity (Wildman–Crippen MR) is 90.9 cm³/mol. The molecule has 1 heterocycles. The number of benzene rings is 1. The van der Waals surface area contributed by atoms with Crippen molar-refractivity contribution in [3.05, 3.63) is 45.1 Å². The highest BCUT2D eigenvalue weighted by Crippen LogP contribution is 2.29. The molecule has 0 saturated heterocycles. The Morgan fingerprint density at radius 3 is 2.71 bits per heavy atom. The second-order valence-corrected chi connectivity index (χ2v) is 7.37. The molecule has 0 fully saturated rings. The van der Waals surface area contributed by atoms with E-state index in [1.165, 1.54) is 15.3 Å². The lowest BCUT2D eigenvalue weighted by molar-refractivity contribution is 0.0694. The van der Waals surface area contributed by atoms with E-state index < -0.39 is 5.97 Å². The van der Waals surface area contributed by atoms with Crippen LogP contribution in [0.2, 0.25) is 0 Å². The van der Waals surface area contributed by atoms with Crippen LogP contribution in [0.4, 0.5) is 5.69 Å². The fourth-order valence-electron chi connectivity index (χ4n) is 2.09. The SMILES string of the molecule is CCSc1cccc(NCc2cc(C)c(C)s2)c1C(=O)O. The average molecular weight is 321 g/mol. The molecule has 0 amide bonds. The average Bonchev–Trinajstić information content (AvgIpc) is 2.75. The number of rotatable bonds is 6. The zero-order chi connectivity index (χ0) is 15.4. The number of carboxylic acids is 1. The van der Waals surface area contributed by atoms with E-state index >= 15 is 0 Å². The molecule has 0 bridgehead atoms. The zero-order valence-corrected chi connectivity index (χ0v) is 14.0. The number of thioether (sulfide) groups is 1. The van der Waals surface area contributed by atoms with Gasteiger partial charge in [0.15, 0.2) is 0 Å². The third-order valence-corrected chi connectivity index (χ3v) is 5.30. The number of nitrogens with one attached hydrogen (secondary N) is 1. The van der Waals surface area contributed by atoms with Gasteiger partial charge in [0.1, 0.15) is 0 Å². The third kappa shape index (κ3) is 3.80. The molecular formula is C16H19NO2S2. The summed E-state index contributed by atoms with van der Waals surface area (Å²) in [5.41, 5.74) is 2.34. The number of aryl methyl sites for hydroxylation is 2. The first-order chi connectivity index (χ1) is 10.0. The van der Waals surface area contributed by atoms with Gasteiger partial charge in [0.25, 0.3) is 0 Å². The summed E-state index contributed by atoms with van der Waals surface area (Å²) in [6.45, 7) is 6.87. The lowest BCUT2D eigenvalue weighted by Crippen LogP contribution is -2.07. The van der Waals surface area contributed by atoms with Gasteiger partial charge in [-0.1, -0.05) is 13.0 Å². The summed E-state index contributed by atoms with van der Waals surface area (Å²) in [6.07, 6.45) is 0. The number of thiophene rings is 1. The minimum Gasteiger partial charge on any atom is -0.478 e. The van der Waals surface area contributed by atoms with Gasteiger partial charge >= 0.3 is 5.97 Å². The minimum atomic E-state index is -0.882. The van der Waals surface area contributed by atoms with Crippen LogP contribution in [-0.4, -0.2) is 16.8 Å². The first-order valence-corrected chi connectivity index (χ1v) is 8.62. The van der Waals surface area contributed by atoms with Crippen molar-refractivity contribution in [3.8, 4) is 0 Å². The molecule has 3 nitrogen and oxygen atoms in total. The summed E-state index contributed by atoms with van der Waals surface area (Å²) >= 11 is 3.30. The highest BCUT2D eigenvalue weighted by atomic mass is 32.2. The molecule has 2 N–H and O–H groups in total. The molecule has 21 heavy (non-hydrogen) atoms. The Hall–Kier alpha value is -1.46. The van der Waals surface area contributed by atoms with E-state index in [0.717, 1.165) is 10.6 Å². The van der Waals surface area contributed by atoms with E-state index in [4.69, 9.17) is 0 Å². The molecule has 0 aliphatic rings. The molecule has 0 aliphatic carbocycles. The topological polar surface area (TPSA) is 49.3 Å². The van der Waals surface area contributed by atoms with Gasteiger partial charge in [0, 0.05) is 21.2 Å². The molecule has 0 unspecified atom stereocenters. The molecule has 1 aromatic heterocycles. The third-order valence-electron chi connectivity index (χ3n) is 3.21. The van der Waals surface area contributed by atoms with E-state index in [1.807, 2.05) is 25.1 Å². The summed E-state index contributed by atoms with van der Waals surface area (Å²) in [5, 5.41) is 12.7. The van der Waals surface area contributed by atoms with Crippen molar-refractivity contribution >= 4 is 34.8 Å². The summed E-state index contributed by atoms with van der Waals surface area (Å²) in [4.78, 5) is 14.9. The summed E-state index contributed by atoms with van der Waals surface area (Å²) in [7, 11) is 0. The van der Waals surface area contributed by atoms with Crippen LogP contribution in [-0.2, 0) is 6.54 Å². The quantitative estimate of drug-likeness (QED) is 0.751. The van der Waals surface area contributed by atoms with Gasteiger partial charge in [0.2, 0.25) is 0 Å². The Labute approximate surface area is 133 Å². The number of carbonyl (C=O) groups is 1. The van der Waals surface area contributed by atoms with Crippen molar-refractivity contribution in [2.24, 2.45) is 0 Å². The van der Waals surface area contributed by atoms with Gasteiger partial charge in [-0.15, -0.1) is 23.1 Å². The summed E-state index contributed by atoms with van der Waals surface area (Å²) < 4.78 is 0. The van der Waals surface area contributed by atoms with Crippen LogP contribution in [0.15, 0.2) is 29.2 Å². The molecule has 1 aromatic carbocycles. The molecule has 2 aromatic rings. The maximum absolute atomic E-state index is 11.5. The largest absolute Gasteiger partial charge is 0.478 e. The monoisotopic (exact) mass is 321 g/mol. The number of hydrogen-bond donors (Lipinski definition) is 2. The van der Waals surface area contributed by atoms with Crippen LogP contribution in [0.3, 0.4) is 0 Å². The zero-order valence-electron chi connectivity index (χ0n) is 12.4. The van der Waals surface area contributed by atoms with Crippen molar-refractivity contribution in [3.63, 3.8) is 0 Å². The van der Waals surface area contributed by atoms with Crippen molar-refractivity contribution in [1.29, 1.82) is 0 Å². The molecule has 112 valence electrons. The lowest BCUT2D eigenvalue weighted by atomic mass is 10.1. The predicted octanol–water partition coefficient (Wildman–Crippen LogP) is 4.79. The second kappa shape index (κ2) is 7.00. The van der Waals surface area contributed by atoms with Gasteiger partial charge in [-0.25, -0.2) is 4.79 Å².